The highest BCUT2D eigenvalue weighted by Gasteiger charge is 2.27. The number of aliphatic carboxylic acids is 1. The Labute approximate surface area is 213 Å². The molecule has 9 heteroatoms. The maximum Gasteiger partial charge on any atom is 0.319 e. The molecule has 0 fully saturated rings. The molecule has 1 aliphatic rings. The van der Waals surface area contributed by atoms with Crippen molar-refractivity contribution < 1.29 is 19.8 Å². The molecule has 0 saturated carbocycles. The highest BCUT2D eigenvalue weighted by molar-refractivity contribution is 6.31. The SMILES string of the molecule is Cc1ccc([C@H](CC(=O)O)NC(=O)Nc2c(O)c3c(n(Cc4ccccc4Cl)c2=O)CCC3)cc1C. The minimum Gasteiger partial charge on any atom is -0.505 e. The molecule has 1 heterocycles. The number of hydrogen-bond acceptors (Lipinski definition) is 4. The van der Waals surface area contributed by atoms with Crippen LogP contribution in [0.15, 0.2) is 47.3 Å². The predicted molar refractivity (Wildman–Crippen MR) is 138 cm³/mol. The highest BCUT2D eigenvalue weighted by atomic mass is 35.5. The number of pyridine rings is 1. The minimum atomic E-state index is -1.08. The van der Waals surface area contributed by atoms with Gasteiger partial charge in [0.2, 0.25) is 0 Å². The van der Waals surface area contributed by atoms with Crippen LogP contribution in [0.4, 0.5) is 10.5 Å². The number of carbonyl (C=O) groups excluding carboxylic acids is 1. The Balaban J connectivity index is 1.65. The van der Waals surface area contributed by atoms with Gasteiger partial charge in [0.25, 0.3) is 5.56 Å². The number of anilines is 1. The summed E-state index contributed by atoms with van der Waals surface area (Å²) in [5.74, 6) is -1.33. The van der Waals surface area contributed by atoms with E-state index >= 15 is 0 Å². The summed E-state index contributed by atoms with van der Waals surface area (Å²) in [6, 6.07) is 11.0. The van der Waals surface area contributed by atoms with Gasteiger partial charge in [-0.3, -0.25) is 9.59 Å². The Hall–Kier alpha value is -3.78. The highest BCUT2D eigenvalue weighted by Crippen LogP contribution is 2.34. The number of halogens is 1. The molecule has 4 rings (SSSR count). The molecule has 1 aromatic heterocycles. The van der Waals surface area contributed by atoms with E-state index in [9.17, 15) is 24.6 Å². The zero-order valence-corrected chi connectivity index (χ0v) is 20.9. The van der Waals surface area contributed by atoms with Crippen molar-refractivity contribution in [3.05, 3.63) is 91.4 Å². The van der Waals surface area contributed by atoms with Gasteiger partial charge >= 0.3 is 12.0 Å². The van der Waals surface area contributed by atoms with Crippen molar-refractivity contribution in [2.24, 2.45) is 0 Å². The van der Waals surface area contributed by atoms with Gasteiger partial charge in [0, 0.05) is 16.3 Å². The van der Waals surface area contributed by atoms with Gasteiger partial charge in [-0.1, -0.05) is 48.0 Å². The van der Waals surface area contributed by atoms with Gasteiger partial charge in [0.1, 0.15) is 5.75 Å². The summed E-state index contributed by atoms with van der Waals surface area (Å²) in [4.78, 5) is 37.9. The fourth-order valence-corrected chi connectivity index (χ4v) is 4.78. The average Bonchev–Trinajstić information content (AvgIpc) is 3.32. The summed E-state index contributed by atoms with van der Waals surface area (Å²) in [5.41, 5.74) is 3.93. The van der Waals surface area contributed by atoms with E-state index in [0.717, 1.165) is 28.8 Å². The van der Waals surface area contributed by atoms with Crippen molar-refractivity contribution in [1.29, 1.82) is 0 Å². The number of hydrogen-bond donors (Lipinski definition) is 4. The van der Waals surface area contributed by atoms with Crippen LogP contribution in [0.1, 0.15) is 52.4 Å². The standard InChI is InChI=1S/C27H28ClN3O5/c1-15-10-11-17(12-16(15)2)21(13-23(32)33)29-27(36)30-24-25(34)19-7-5-9-22(19)31(26(24)35)14-18-6-3-4-8-20(18)28/h3-4,6,8,10-12,21,34H,5,7,9,13-14H2,1-2H3,(H,32,33)(H2,29,30,36)/t21-/m0/s1. The first-order valence-electron chi connectivity index (χ1n) is 11.7. The molecule has 0 bridgehead atoms. The number of benzene rings is 2. The molecule has 1 atom stereocenters. The number of aromatic hydroxyl groups is 1. The number of carboxylic acids is 1. The van der Waals surface area contributed by atoms with Crippen LogP contribution in [-0.2, 0) is 24.2 Å². The van der Waals surface area contributed by atoms with E-state index in [2.05, 4.69) is 10.6 Å². The number of urea groups is 1. The molecular formula is C27H28ClN3O5. The third-order valence-corrected chi connectivity index (χ3v) is 7.01. The minimum absolute atomic E-state index is 0.196. The first-order chi connectivity index (χ1) is 17.2. The largest absolute Gasteiger partial charge is 0.505 e. The monoisotopic (exact) mass is 509 g/mol. The van der Waals surface area contributed by atoms with E-state index in [1.165, 1.54) is 4.57 Å². The van der Waals surface area contributed by atoms with E-state index in [1.54, 1.807) is 18.2 Å². The second kappa shape index (κ2) is 10.5. The van der Waals surface area contributed by atoms with E-state index in [0.29, 0.717) is 29.0 Å². The van der Waals surface area contributed by atoms with Crippen molar-refractivity contribution in [3.8, 4) is 5.75 Å². The average molecular weight is 510 g/mol. The molecule has 0 spiro atoms. The van der Waals surface area contributed by atoms with Crippen LogP contribution in [0, 0.1) is 13.8 Å². The van der Waals surface area contributed by atoms with Gasteiger partial charge in [-0.2, -0.15) is 0 Å². The Kier molecular flexibility index (Phi) is 7.35. The molecule has 0 aliphatic heterocycles. The molecule has 188 valence electrons. The number of carbonyl (C=O) groups is 2. The number of fused-ring (bicyclic) bond motifs is 1. The van der Waals surface area contributed by atoms with Crippen LogP contribution in [0.2, 0.25) is 5.02 Å². The lowest BCUT2D eigenvalue weighted by molar-refractivity contribution is -0.137. The lowest BCUT2D eigenvalue weighted by Gasteiger charge is -2.21. The normalized spacial score (nSPS) is 13.2. The summed E-state index contributed by atoms with van der Waals surface area (Å²) < 4.78 is 1.54. The van der Waals surface area contributed by atoms with E-state index in [1.807, 2.05) is 38.1 Å². The molecule has 0 unspecified atom stereocenters. The molecule has 8 nitrogen and oxygen atoms in total. The number of amides is 2. The maximum atomic E-state index is 13.4. The second-order valence-corrected chi connectivity index (χ2v) is 9.48. The lowest BCUT2D eigenvalue weighted by Crippen LogP contribution is -2.37. The molecule has 0 radical (unpaired) electrons. The number of nitrogens with zero attached hydrogens (tertiary/aromatic N) is 1. The van der Waals surface area contributed by atoms with Gasteiger partial charge in [0.15, 0.2) is 5.69 Å². The molecule has 1 aliphatic carbocycles. The number of rotatable bonds is 7. The maximum absolute atomic E-state index is 13.4. The van der Waals surface area contributed by atoms with Crippen LogP contribution in [0.25, 0.3) is 0 Å². The van der Waals surface area contributed by atoms with Gasteiger partial charge < -0.3 is 25.4 Å². The Morgan fingerprint density at radius 3 is 2.56 bits per heavy atom. The van der Waals surface area contributed by atoms with E-state index in [-0.39, 0.29) is 24.4 Å². The number of nitrogens with one attached hydrogen (secondary N) is 2. The third kappa shape index (κ3) is 5.23. The van der Waals surface area contributed by atoms with E-state index in [4.69, 9.17) is 11.6 Å². The van der Waals surface area contributed by atoms with Gasteiger partial charge in [-0.15, -0.1) is 0 Å². The van der Waals surface area contributed by atoms with Crippen molar-refractivity contribution in [2.45, 2.75) is 52.1 Å². The first-order valence-corrected chi connectivity index (χ1v) is 12.1. The smallest absolute Gasteiger partial charge is 0.319 e. The van der Waals surface area contributed by atoms with Gasteiger partial charge in [0.05, 0.1) is 19.0 Å². The molecule has 4 N–H and O–H groups in total. The molecule has 0 saturated heterocycles. The first kappa shape index (κ1) is 25.3. The molecular weight excluding hydrogens is 482 g/mol. The fourth-order valence-electron chi connectivity index (χ4n) is 4.58. The van der Waals surface area contributed by atoms with Crippen LogP contribution < -0.4 is 16.2 Å². The van der Waals surface area contributed by atoms with Crippen LogP contribution >= 0.6 is 11.6 Å². The molecule has 2 amide bonds. The Morgan fingerprint density at radius 1 is 1.11 bits per heavy atom. The van der Waals surface area contributed by atoms with Gasteiger partial charge in [-0.25, -0.2) is 4.79 Å². The number of aryl methyl sites for hydroxylation is 2. The molecule has 36 heavy (non-hydrogen) atoms. The van der Waals surface area contributed by atoms with Gasteiger partial charge in [-0.05, 0) is 61.4 Å². The Bertz CT molecular complexity index is 1400. The van der Waals surface area contributed by atoms with Crippen molar-refractivity contribution in [3.63, 3.8) is 0 Å². The van der Waals surface area contributed by atoms with Crippen LogP contribution in [0.3, 0.4) is 0 Å². The summed E-state index contributed by atoms with van der Waals surface area (Å²) in [5, 5.41) is 25.9. The predicted octanol–water partition coefficient (Wildman–Crippen LogP) is 4.70. The summed E-state index contributed by atoms with van der Waals surface area (Å²) in [6.07, 6.45) is 1.63. The van der Waals surface area contributed by atoms with Crippen molar-refractivity contribution >= 4 is 29.3 Å². The van der Waals surface area contributed by atoms with Crippen LogP contribution in [-0.4, -0.2) is 26.8 Å². The summed E-state index contributed by atoms with van der Waals surface area (Å²) >= 11 is 6.32. The molecule has 3 aromatic rings. The fraction of sp³-hybridized carbons (Fsp3) is 0.296. The molecule has 2 aromatic carbocycles. The zero-order chi connectivity index (χ0) is 26.0. The topological polar surface area (TPSA) is 121 Å². The number of carboxylic acid groups (broad SMARTS) is 1. The lowest BCUT2D eigenvalue weighted by atomic mass is 9.99. The number of aromatic nitrogens is 1. The van der Waals surface area contributed by atoms with Crippen LogP contribution in [0.5, 0.6) is 5.75 Å². The summed E-state index contributed by atoms with van der Waals surface area (Å²) in [6.45, 7) is 4.04. The summed E-state index contributed by atoms with van der Waals surface area (Å²) in [7, 11) is 0. The van der Waals surface area contributed by atoms with Crippen molar-refractivity contribution in [1.82, 2.24) is 9.88 Å². The zero-order valence-electron chi connectivity index (χ0n) is 20.1. The third-order valence-electron chi connectivity index (χ3n) is 6.64. The second-order valence-electron chi connectivity index (χ2n) is 9.08. The van der Waals surface area contributed by atoms with E-state index < -0.39 is 23.6 Å². The Morgan fingerprint density at radius 2 is 1.86 bits per heavy atom. The van der Waals surface area contributed by atoms with Crippen molar-refractivity contribution in [2.75, 3.05) is 5.32 Å². The quantitative estimate of drug-likeness (QED) is 0.368.